The molecule has 2 fully saturated rings. The largest absolute Gasteiger partial charge is 0.394 e. The third-order valence-corrected chi connectivity index (χ3v) is 5.08. The maximum absolute atomic E-state index is 9.81. The van der Waals surface area contributed by atoms with Gasteiger partial charge in [0.15, 0.2) is 0 Å². The number of nitrogens with zero attached hydrogens (tertiary/aromatic N) is 1. The van der Waals surface area contributed by atoms with Crippen molar-refractivity contribution in [3.63, 3.8) is 0 Å². The monoisotopic (exact) mass is 268 g/mol. The van der Waals surface area contributed by atoms with Crippen LogP contribution in [-0.4, -0.2) is 47.8 Å². The molecule has 1 aliphatic carbocycles. The Morgan fingerprint density at radius 3 is 2.42 bits per heavy atom. The number of hydrogen-bond acceptors (Lipinski definition) is 3. The van der Waals surface area contributed by atoms with Crippen LogP contribution in [0.2, 0.25) is 0 Å². The predicted molar refractivity (Wildman–Crippen MR) is 80.4 cm³/mol. The van der Waals surface area contributed by atoms with Crippen molar-refractivity contribution in [1.29, 1.82) is 0 Å². The zero-order valence-corrected chi connectivity index (χ0v) is 12.7. The molecule has 1 aliphatic heterocycles. The fourth-order valence-corrected chi connectivity index (χ4v) is 4.02. The summed E-state index contributed by atoms with van der Waals surface area (Å²) in [6.07, 6.45) is 11.8. The van der Waals surface area contributed by atoms with Crippen molar-refractivity contribution in [2.24, 2.45) is 0 Å². The topological polar surface area (TPSA) is 35.5 Å². The lowest BCUT2D eigenvalue weighted by Gasteiger charge is -2.45. The first-order valence-corrected chi connectivity index (χ1v) is 8.39. The van der Waals surface area contributed by atoms with E-state index in [4.69, 9.17) is 0 Å². The standard InChI is InChI=1S/C16H32N2O/c1-2-17-16(14-19)10-8-9-15(13-16)18-11-6-4-3-5-7-12-18/h15,17,19H,2-14H2,1H3. The first-order chi connectivity index (χ1) is 9.29. The Kier molecular flexibility index (Phi) is 6.11. The number of likely N-dealkylation sites (tertiary alicyclic amines) is 1. The van der Waals surface area contributed by atoms with E-state index in [9.17, 15) is 5.11 Å². The summed E-state index contributed by atoms with van der Waals surface area (Å²) in [6.45, 7) is 5.96. The number of aliphatic hydroxyl groups is 1. The highest BCUT2D eigenvalue weighted by Crippen LogP contribution is 2.32. The molecule has 19 heavy (non-hydrogen) atoms. The Labute approximate surface area is 118 Å². The lowest BCUT2D eigenvalue weighted by molar-refractivity contribution is 0.0565. The van der Waals surface area contributed by atoms with Crippen molar-refractivity contribution in [3.8, 4) is 0 Å². The van der Waals surface area contributed by atoms with E-state index < -0.39 is 0 Å². The van der Waals surface area contributed by atoms with Gasteiger partial charge in [-0.1, -0.05) is 26.2 Å². The van der Waals surface area contributed by atoms with Crippen LogP contribution in [0.5, 0.6) is 0 Å². The average Bonchev–Trinajstić information content (AvgIpc) is 2.39. The third kappa shape index (κ3) is 4.17. The Morgan fingerprint density at radius 2 is 1.79 bits per heavy atom. The van der Waals surface area contributed by atoms with Crippen molar-refractivity contribution >= 4 is 0 Å². The fourth-order valence-electron chi connectivity index (χ4n) is 4.02. The Balaban J connectivity index is 1.94. The van der Waals surface area contributed by atoms with Crippen molar-refractivity contribution in [1.82, 2.24) is 10.2 Å². The van der Waals surface area contributed by atoms with Crippen LogP contribution in [0.1, 0.15) is 64.7 Å². The van der Waals surface area contributed by atoms with Gasteiger partial charge in [0, 0.05) is 11.6 Å². The summed E-state index contributed by atoms with van der Waals surface area (Å²) in [7, 11) is 0. The van der Waals surface area contributed by atoms with Crippen LogP contribution in [0.25, 0.3) is 0 Å². The van der Waals surface area contributed by atoms with E-state index in [1.165, 1.54) is 58.0 Å². The van der Waals surface area contributed by atoms with Crippen molar-refractivity contribution < 1.29 is 5.11 Å². The highest BCUT2D eigenvalue weighted by atomic mass is 16.3. The van der Waals surface area contributed by atoms with Gasteiger partial charge in [-0.3, -0.25) is 0 Å². The van der Waals surface area contributed by atoms with E-state index in [2.05, 4.69) is 17.1 Å². The van der Waals surface area contributed by atoms with Gasteiger partial charge in [-0.15, -0.1) is 0 Å². The van der Waals surface area contributed by atoms with E-state index in [1.807, 2.05) is 0 Å². The van der Waals surface area contributed by atoms with Crippen molar-refractivity contribution in [3.05, 3.63) is 0 Å². The molecule has 3 heteroatoms. The summed E-state index contributed by atoms with van der Waals surface area (Å²) in [5, 5.41) is 13.4. The van der Waals surface area contributed by atoms with Crippen LogP contribution in [0, 0.1) is 0 Å². The molecular weight excluding hydrogens is 236 g/mol. The first kappa shape index (κ1) is 15.3. The van der Waals surface area contributed by atoms with Gasteiger partial charge in [0.1, 0.15) is 0 Å². The molecule has 1 saturated carbocycles. The molecular formula is C16H32N2O. The average molecular weight is 268 g/mol. The van der Waals surface area contributed by atoms with E-state index in [0.717, 1.165) is 19.4 Å². The lowest BCUT2D eigenvalue weighted by atomic mass is 9.78. The molecule has 112 valence electrons. The molecule has 0 spiro atoms. The minimum absolute atomic E-state index is 0.0000332. The molecule has 0 radical (unpaired) electrons. The summed E-state index contributed by atoms with van der Waals surface area (Å²) in [4.78, 5) is 2.72. The zero-order chi connectivity index (χ0) is 13.6. The van der Waals surface area contributed by atoms with E-state index >= 15 is 0 Å². The maximum atomic E-state index is 9.81. The summed E-state index contributed by atoms with van der Waals surface area (Å²) < 4.78 is 0. The fraction of sp³-hybridized carbons (Fsp3) is 1.00. The molecule has 0 aromatic rings. The van der Waals surface area contributed by atoms with Gasteiger partial charge in [0.2, 0.25) is 0 Å². The van der Waals surface area contributed by atoms with Crippen LogP contribution in [-0.2, 0) is 0 Å². The second-order valence-electron chi connectivity index (χ2n) is 6.52. The molecule has 0 aromatic carbocycles. The van der Waals surface area contributed by atoms with Gasteiger partial charge in [-0.05, 0) is 58.2 Å². The van der Waals surface area contributed by atoms with E-state index in [-0.39, 0.29) is 5.54 Å². The molecule has 2 unspecified atom stereocenters. The van der Waals surface area contributed by atoms with Gasteiger partial charge in [-0.25, -0.2) is 0 Å². The van der Waals surface area contributed by atoms with E-state index in [1.54, 1.807) is 0 Å². The molecule has 2 atom stereocenters. The molecule has 1 saturated heterocycles. The summed E-state index contributed by atoms with van der Waals surface area (Å²) in [5.41, 5.74) is 0.0000332. The highest BCUT2D eigenvalue weighted by molar-refractivity contribution is 4.96. The first-order valence-electron chi connectivity index (χ1n) is 8.39. The molecule has 3 nitrogen and oxygen atoms in total. The summed E-state index contributed by atoms with van der Waals surface area (Å²) in [6, 6.07) is 0.693. The Morgan fingerprint density at radius 1 is 1.11 bits per heavy atom. The molecule has 2 aliphatic rings. The summed E-state index contributed by atoms with van der Waals surface area (Å²) in [5.74, 6) is 0. The van der Waals surface area contributed by atoms with Crippen LogP contribution in [0.3, 0.4) is 0 Å². The quantitative estimate of drug-likeness (QED) is 0.822. The van der Waals surface area contributed by atoms with E-state index in [0.29, 0.717) is 12.6 Å². The molecule has 1 heterocycles. The van der Waals surface area contributed by atoms with Gasteiger partial charge < -0.3 is 15.3 Å². The second-order valence-corrected chi connectivity index (χ2v) is 6.52. The van der Waals surface area contributed by atoms with Gasteiger partial charge >= 0.3 is 0 Å². The van der Waals surface area contributed by atoms with Gasteiger partial charge in [0.25, 0.3) is 0 Å². The van der Waals surface area contributed by atoms with Gasteiger partial charge in [0.05, 0.1) is 6.61 Å². The van der Waals surface area contributed by atoms with Crippen LogP contribution >= 0.6 is 0 Å². The van der Waals surface area contributed by atoms with Crippen molar-refractivity contribution in [2.75, 3.05) is 26.2 Å². The second kappa shape index (κ2) is 7.61. The molecule has 0 bridgehead atoms. The van der Waals surface area contributed by atoms with Gasteiger partial charge in [-0.2, -0.15) is 0 Å². The summed E-state index contributed by atoms with van der Waals surface area (Å²) >= 11 is 0. The minimum Gasteiger partial charge on any atom is -0.394 e. The molecule has 2 rings (SSSR count). The van der Waals surface area contributed by atoms with Crippen LogP contribution in [0.4, 0.5) is 0 Å². The minimum atomic E-state index is 0.0000332. The number of aliphatic hydroxyl groups excluding tert-OH is 1. The normalized spacial score (nSPS) is 34.7. The zero-order valence-electron chi connectivity index (χ0n) is 12.7. The lowest BCUT2D eigenvalue weighted by Crippen LogP contribution is -2.56. The van der Waals surface area contributed by atoms with Crippen molar-refractivity contribution in [2.45, 2.75) is 76.3 Å². The number of rotatable bonds is 4. The highest BCUT2D eigenvalue weighted by Gasteiger charge is 2.37. The molecule has 0 amide bonds. The number of hydrogen-bond donors (Lipinski definition) is 2. The number of likely N-dealkylation sites (N-methyl/N-ethyl adjacent to an activating group) is 1. The molecule has 2 N–H and O–H groups in total. The smallest absolute Gasteiger partial charge is 0.0613 e. The third-order valence-electron chi connectivity index (χ3n) is 5.08. The predicted octanol–water partition coefficient (Wildman–Crippen LogP) is 2.54. The maximum Gasteiger partial charge on any atom is 0.0613 e. The van der Waals surface area contributed by atoms with Crippen LogP contribution < -0.4 is 5.32 Å². The number of nitrogens with one attached hydrogen (secondary N) is 1. The Hall–Kier alpha value is -0.120. The molecule has 0 aromatic heterocycles. The van der Waals surface area contributed by atoms with Crippen LogP contribution in [0.15, 0.2) is 0 Å². The SMILES string of the molecule is CCNC1(CO)CCCC(N2CCCCCCC2)C1. The Bertz CT molecular complexity index is 247.